The van der Waals surface area contributed by atoms with E-state index in [0.29, 0.717) is 0 Å². The van der Waals surface area contributed by atoms with Crippen LogP contribution < -0.4 is 0 Å². The summed E-state index contributed by atoms with van der Waals surface area (Å²) >= 11 is 0. The van der Waals surface area contributed by atoms with Crippen LogP contribution in [-0.2, 0) is 0 Å². The summed E-state index contributed by atoms with van der Waals surface area (Å²) < 4.78 is 15.3. The van der Waals surface area contributed by atoms with E-state index in [1.165, 1.54) is 23.1 Å². The van der Waals surface area contributed by atoms with E-state index in [1.807, 2.05) is 12.3 Å². The highest BCUT2D eigenvalue weighted by atomic mass is 19.1. The Kier molecular flexibility index (Phi) is 3.19. The second-order valence-corrected chi connectivity index (χ2v) is 5.63. The van der Waals surface area contributed by atoms with Gasteiger partial charge in [0.05, 0.1) is 17.4 Å². The normalized spacial score (nSPS) is 11.0. The third-order valence-corrected chi connectivity index (χ3v) is 4.14. The van der Waals surface area contributed by atoms with Crippen molar-refractivity contribution >= 4 is 10.9 Å². The monoisotopic (exact) mass is 302 g/mol. The molecule has 2 aromatic heterocycles. The molecule has 0 fully saturated rings. The van der Waals surface area contributed by atoms with E-state index in [9.17, 15) is 4.39 Å². The van der Waals surface area contributed by atoms with Crippen molar-refractivity contribution in [3.8, 4) is 16.8 Å². The van der Waals surface area contributed by atoms with Crippen molar-refractivity contribution in [2.75, 3.05) is 0 Å². The zero-order chi connectivity index (χ0) is 15.8. The molecule has 0 saturated heterocycles. The van der Waals surface area contributed by atoms with Crippen molar-refractivity contribution in [1.29, 1.82) is 0 Å². The molecule has 0 unspecified atom stereocenters. The Morgan fingerprint density at radius 1 is 0.913 bits per heavy atom. The zero-order valence-electron chi connectivity index (χ0n) is 12.7. The van der Waals surface area contributed by atoms with Crippen LogP contribution in [0.25, 0.3) is 27.7 Å². The van der Waals surface area contributed by atoms with Crippen LogP contribution in [0.4, 0.5) is 4.39 Å². The minimum Gasteiger partial charge on any atom is -0.315 e. The van der Waals surface area contributed by atoms with E-state index in [4.69, 9.17) is 0 Å². The van der Waals surface area contributed by atoms with Gasteiger partial charge in [-0.2, -0.15) is 0 Å². The van der Waals surface area contributed by atoms with Gasteiger partial charge in [0.25, 0.3) is 0 Å². The summed E-state index contributed by atoms with van der Waals surface area (Å²) in [6, 6.07) is 17.0. The maximum atomic E-state index is 13.1. The molecule has 0 N–H and O–H groups in total. The van der Waals surface area contributed by atoms with Gasteiger partial charge < -0.3 is 4.57 Å². The Morgan fingerprint density at radius 3 is 2.48 bits per heavy atom. The SMILES string of the molecule is Cc1ccncc1-n1ccc2ccc(-c3ccc(F)cc3)cc21. The zero-order valence-corrected chi connectivity index (χ0v) is 12.7. The van der Waals surface area contributed by atoms with Crippen molar-refractivity contribution in [1.82, 2.24) is 9.55 Å². The van der Waals surface area contributed by atoms with Gasteiger partial charge in [0.15, 0.2) is 0 Å². The number of aryl methyl sites for hydroxylation is 1. The molecule has 2 nitrogen and oxygen atoms in total. The van der Waals surface area contributed by atoms with Crippen molar-refractivity contribution in [3.05, 3.63) is 84.6 Å². The molecule has 4 rings (SSSR count). The van der Waals surface area contributed by atoms with Crippen molar-refractivity contribution in [2.45, 2.75) is 6.92 Å². The Bertz CT molecular complexity index is 984. The Labute approximate surface area is 133 Å². The van der Waals surface area contributed by atoms with Crippen LogP contribution in [0.2, 0.25) is 0 Å². The molecule has 0 aliphatic rings. The second kappa shape index (κ2) is 5.36. The van der Waals surface area contributed by atoms with Gasteiger partial charge in [-0.05, 0) is 59.3 Å². The first-order chi connectivity index (χ1) is 11.2. The fourth-order valence-electron chi connectivity index (χ4n) is 2.87. The molecule has 0 bridgehead atoms. The van der Waals surface area contributed by atoms with Gasteiger partial charge in [0.1, 0.15) is 5.82 Å². The highest BCUT2D eigenvalue weighted by molar-refractivity contribution is 5.87. The first kappa shape index (κ1) is 13.7. The predicted octanol–water partition coefficient (Wildman–Crippen LogP) is 5.14. The summed E-state index contributed by atoms with van der Waals surface area (Å²) in [6.45, 7) is 2.08. The van der Waals surface area contributed by atoms with Gasteiger partial charge in [0, 0.05) is 12.4 Å². The molecule has 0 aliphatic carbocycles. The maximum absolute atomic E-state index is 13.1. The van der Waals surface area contributed by atoms with Crippen LogP contribution in [0.1, 0.15) is 5.56 Å². The average Bonchev–Trinajstić information content (AvgIpc) is 2.99. The molecule has 0 aliphatic heterocycles. The summed E-state index contributed by atoms with van der Waals surface area (Å²) in [5.74, 6) is -0.218. The third kappa shape index (κ3) is 2.40. The molecule has 3 heteroatoms. The van der Waals surface area contributed by atoms with Gasteiger partial charge >= 0.3 is 0 Å². The first-order valence-corrected chi connectivity index (χ1v) is 7.50. The Hall–Kier alpha value is -2.94. The Morgan fingerprint density at radius 2 is 1.70 bits per heavy atom. The molecule has 2 aromatic carbocycles. The number of fused-ring (bicyclic) bond motifs is 1. The van der Waals surface area contributed by atoms with E-state index in [2.05, 4.69) is 46.9 Å². The highest BCUT2D eigenvalue weighted by Gasteiger charge is 2.07. The maximum Gasteiger partial charge on any atom is 0.123 e. The number of pyridine rings is 1. The van der Waals surface area contributed by atoms with Crippen molar-refractivity contribution < 1.29 is 4.39 Å². The molecule has 2 heterocycles. The molecule has 0 amide bonds. The minimum absolute atomic E-state index is 0.218. The standard InChI is InChI=1S/C20H15FN2/c1-14-8-10-22-13-20(14)23-11-9-16-2-3-17(12-19(16)23)15-4-6-18(21)7-5-15/h2-13H,1H3. The summed E-state index contributed by atoms with van der Waals surface area (Å²) in [4.78, 5) is 4.24. The molecule has 0 spiro atoms. The van der Waals surface area contributed by atoms with Gasteiger partial charge in [-0.15, -0.1) is 0 Å². The average molecular weight is 302 g/mol. The molecule has 112 valence electrons. The molecule has 0 atom stereocenters. The lowest BCUT2D eigenvalue weighted by atomic mass is 10.0. The van der Waals surface area contributed by atoms with Crippen LogP contribution in [-0.4, -0.2) is 9.55 Å². The topological polar surface area (TPSA) is 17.8 Å². The predicted molar refractivity (Wildman–Crippen MR) is 91.2 cm³/mol. The summed E-state index contributed by atoms with van der Waals surface area (Å²) in [7, 11) is 0. The molecule has 4 aromatic rings. The number of hydrogen-bond acceptors (Lipinski definition) is 1. The fourth-order valence-corrected chi connectivity index (χ4v) is 2.87. The van der Waals surface area contributed by atoms with E-state index in [0.717, 1.165) is 22.3 Å². The lowest BCUT2D eigenvalue weighted by Crippen LogP contribution is -1.96. The third-order valence-electron chi connectivity index (χ3n) is 4.14. The van der Waals surface area contributed by atoms with E-state index >= 15 is 0 Å². The number of rotatable bonds is 2. The molecular weight excluding hydrogens is 287 g/mol. The van der Waals surface area contributed by atoms with Crippen LogP contribution in [0.15, 0.2) is 73.2 Å². The van der Waals surface area contributed by atoms with Crippen LogP contribution >= 0.6 is 0 Å². The molecule has 0 radical (unpaired) electrons. The van der Waals surface area contributed by atoms with Crippen molar-refractivity contribution in [3.63, 3.8) is 0 Å². The van der Waals surface area contributed by atoms with Gasteiger partial charge in [-0.25, -0.2) is 4.39 Å². The van der Waals surface area contributed by atoms with E-state index in [-0.39, 0.29) is 5.82 Å². The van der Waals surface area contributed by atoms with E-state index in [1.54, 1.807) is 18.3 Å². The van der Waals surface area contributed by atoms with Crippen LogP contribution in [0.3, 0.4) is 0 Å². The lowest BCUT2D eigenvalue weighted by molar-refractivity contribution is 0.628. The fraction of sp³-hybridized carbons (Fsp3) is 0.0500. The van der Waals surface area contributed by atoms with Gasteiger partial charge in [-0.1, -0.05) is 24.3 Å². The molecule has 0 saturated carbocycles. The van der Waals surface area contributed by atoms with E-state index < -0.39 is 0 Å². The van der Waals surface area contributed by atoms with Crippen molar-refractivity contribution in [2.24, 2.45) is 0 Å². The van der Waals surface area contributed by atoms with Crippen LogP contribution in [0.5, 0.6) is 0 Å². The highest BCUT2D eigenvalue weighted by Crippen LogP contribution is 2.28. The first-order valence-electron chi connectivity index (χ1n) is 7.50. The van der Waals surface area contributed by atoms with Gasteiger partial charge in [-0.3, -0.25) is 4.98 Å². The van der Waals surface area contributed by atoms with Crippen LogP contribution in [0, 0.1) is 12.7 Å². The van der Waals surface area contributed by atoms with Gasteiger partial charge in [0.2, 0.25) is 0 Å². The Balaban J connectivity index is 1.90. The quantitative estimate of drug-likeness (QED) is 0.501. The number of aromatic nitrogens is 2. The summed E-state index contributed by atoms with van der Waals surface area (Å²) in [5, 5.41) is 1.17. The minimum atomic E-state index is -0.218. The second-order valence-electron chi connectivity index (χ2n) is 5.63. The number of benzene rings is 2. The smallest absolute Gasteiger partial charge is 0.123 e. The largest absolute Gasteiger partial charge is 0.315 e. The number of nitrogens with zero attached hydrogens (tertiary/aromatic N) is 2. The summed E-state index contributed by atoms with van der Waals surface area (Å²) in [5.41, 5.74) is 5.43. The summed E-state index contributed by atoms with van der Waals surface area (Å²) in [6.07, 6.45) is 5.73. The molecule has 23 heavy (non-hydrogen) atoms. The number of hydrogen-bond donors (Lipinski definition) is 0. The lowest BCUT2D eigenvalue weighted by Gasteiger charge is -2.09. The number of halogens is 1. The molecular formula is C20H15FN2.